The highest BCUT2D eigenvalue weighted by Crippen LogP contribution is 2.25. The van der Waals surface area contributed by atoms with E-state index in [4.69, 9.17) is 4.74 Å². The molecule has 0 amide bonds. The number of hydrogen-bond acceptors (Lipinski definition) is 3. The normalized spacial score (nSPS) is 20.9. The van der Waals surface area contributed by atoms with Crippen molar-refractivity contribution in [2.24, 2.45) is 0 Å². The molecule has 0 radical (unpaired) electrons. The third-order valence-corrected chi connectivity index (χ3v) is 3.68. The Bertz CT molecular complexity index is 368. The van der Waals surface area contributed by atoms with Crippen LogP contribution in [-0.4, -0.2) is 39.4 Å². The third-order valence-electron chi connectivity index (χ3n) is 3.68. The first-order chi connectivity index (χ1) is 8.43. The van der Waals surface area contributed by atoms with Gasteiger partial charge in [-0.15, -0.1) is 0 Å². The largest absolute Gasteiger partial charge is 0.378 e. The second-order valence-corrected chi connectivity index (χ2v) is 4.81. The topological polar surface area (TPSA) is 15.7 Å². The van der Waals surface area contributed by atoms with Gasteiger partial charge in [-0.2, -0.15) is 0 Å². The van der Waals surface area contributed by atoms with Crippen molar-refractivity contribution in [3.05, 3.63) is 24.3 Å². The highest BCUT2D eigenvalue weighted by molar-refractivity contribution is 5.59. The Morgan fingerprint density at radius 3 is 2.06 bits per heavy atom. The Morgan fingerprint density at radius 2 is 1.41 bits per heavy atom. The van der Waals surface area contributed by atoms with Crippen LogP contribution < -0.4 is 9.80 Å². The Balaban J connectivity index is 1.77. The van der Waals surface area contributed by atoms with Gasteiger partial charge in [0.2, 0.25) is 0 Å². The number of hydrogen-bond donors (Lipinski definition) is 0. The molecule has 0 saturated carbocycles. The van der Waals surface area contributed by atoms with Gasteiger partial charge < -0.3 is 14.5 Å². The number of benzene rings is 1. The van der Waals surface area contributed by atoms with Crippen LogP contribution in [0.4, 0.5) is 11.4 Å². The van der Waals surface area contributed by atoms with E-state index in [1.54, 1.807) is 0 Å². The van der Waals surface area contributed by atoms with Gasteiger partial charge in [-0.1, -0.05) is 6.07 Å². The van der Waals surface area contributed by atoms with Gasteiger partial charge in [-0.05, 0) is 31.0 Å². The summed E-state index contributed by atoms with van der Waals surface area (Å²) in [7, 11) is 0. The van der Waals surface area contributed by atoms with Crippen molar-refractivity contribution in [1.82, 2.24) is 0 Å². The second kappa shape index (κ2) is 4.96. The predicted molar refractivity (Wildman–Crippen MR) is 70.9 cm³/mol. The molecule has 1 aromatic carbocycles. The highest BCUT2D eigenvalue weighted by Gasteiger charge is 2.15. The van der Waals surface area contributed by atoms with Gasteiger partial charge in [0.15, 0.2) is 0 Å². The van der Waals surface area contributed by atoms with Crippen LogP contribution >= 0.6 is 0 Å². The van der Waals surface area contributed by atoms with Crippen molar-refractivity contribution in [3.63, 3.8) is 0 Å². The molecule has 3 nitrogen and oxygen atoms in total. The van der Waals surface area contributed by atoms with E-state index in [0.717, 1.165) is 26.3 Å². The SMILES string of the molecule is c1cc(N2CCCC2)cc(N2CCOCC2)c1. The first kappa shape index (κ1) is 10.9. The van der Waals surface area contributed by atoms with Crippen molar-refractivity contribution in [1.29, 1.82) is 0 Å². The summed E-state index contributed by atoms with van der Waals surface area (Å²) in [5.74, 6) is 0. The van der Waals surface area contributed by atoms with Crippen LogP contribution in [0, 0.1) is 0 Å². The van der Waals surface area contributed by atoms with Crippen LogP contribution in [0.1, 0.15) is 12.8 Å². The van der Waals surface area contributed by atoms with E-state index in [2.05, 4.69) is 34.1 Å². The summed E-state index contributed by atoms with van der Waals surface area (Å²) in [5.41, 5.74) is 2.73. The first-order valence-electron chi connectivity index (χ1n) is 6.61. The van der Waals surface area contributed by atoms with E-state index in [-0.39, 0.29) is 0 Å². The molecule has 3 rings (SSSR count). The average Bonchev–Trinajstić information content (AvgIpc) is 2.94. The van der Waals surface area contributed by atoms with Gasteiger partial charge in [0.05, 0.1) is 13.2 Å². The van der Waals surface area contributed by atoms with E-state index in [1.807, 2.05) is 0 Å². The summed E-state index contributed by atoms with van der Waals surface area (Å²) >= 11 is 0. The van der Waals surface area contributed by atoms with Crippen molar-refractivity contribution >= 4 is 11.4 Å². The van der Waals surface area contributed by atoms with E-state index in [1.165, 1.54) is 37.3 Å². The first-order valence-corrected chi connectivity index (χ1v) is 6.61. The lowest BCUT2D eigenvalue weighted by atomic mass is 10.2. The molecular weight excluding hydrogens is 212 g/mol. The molecule has 2 saturated heterocycles. The Morgan fingerprint density at radius 1 is 0.824 bits per heavy atom. The van der Waals surface area contributed by atoms with Gasteiger partial charge in [0, 0.05) is 37.6 Å². The van der Waals surface area contributed by atoms with Gasteiger partial charge in [-0.3, -0.25) is 0 Å². The summed E-state index contributed by atoms with van der Waals surface area (Å²) in [5, 5.41) is 0. The van der Waals surface area contributed by atoms with Crippen LogP contribution in [-0.2, 0) is 4.74 Å². The molecule has 0 spiro atoms. The molecule has 2 fully saturated rings. The minimum atomic E-state index is 0.855. The maximum Gasteiger partial charge on any atom is 0.0642 e. The second-order valence-electron chi connectivity index (χ2n) is 4.81. The maximum absolute atomic E-state index is 5.40. The number of morpholine rings is 1. The van der Waals surface area contributed by atoms with Crippen molar-refractivity contribution < 1.29 is 4.74 Å². The molecule has 2 aliphatic heterocycles. The van der Waals surface area contributed by atoms with E-state index in [0.29, 0.717) is 0 Å². The number of nitrogens with zero attached hydrogens (tertiary/aromatic N) is 2. The molecule has 0 bridgehead atoms. The van der Waals surface area contributed by atoms with Crippen LogP contribution in [0.5, 0.6) is 0 Å². The number of rotatable bonds is 2. The average molecular weight is 232 g/mol. The number of ether oxygens (including phenoxy) is 1. The molecule has 92 valence electrons. The van der Waals surface area contributed by atoms with Crippen LogP contribution in [0.3, 0.4) is 0 Å². The molecule has 2 aliphatic rings. The Kier molecular flexibility index (Phi) is 3.18. The quantitative estimate of drug-likeness (QED) is 0.777. The smallest absolute Gasteiger partial charge is 0.0642 e. The monoisotopic (exact) mass is 232 g/mol. The zero-order valence-corrected chi connectivity index (χ0v) is 10.3. The molecular formula is C14H20N2O. The summed E-state index contributed by atoms with van der Waals surface area (Å²) in [6, 6.07) is 8.95. The molecule has 0 N–H and O–H groups in total. The Labute approximate surface area is 103 Å². The van der Waals surface area contributed by atoms with E-state index in [9.17, 15) is 0 Å². The minimum Gasteiger partial charge on any atom is -0.378 e. The summed E-state index contributed by atoms with van der Waals surface area (Å²) in [4.78, 5) is 4.91. The van der Waals surface area contributed by atoms with Crippen molar-refractivity contribution in [2.45, 2.75) is 12.8 Å². The van der Waals surface area contributed by atoms with Crippen molar-refractivity contribution in [3.8, 4) is 0 Å². The Hall–Kier alpha value is -1.22. The van der Waals surface area contributed by atoms with Gasteiger partial charge in [-0.25, -0.2) is 0 Å². The molecule has 0 atom stereocenters. The minimum absolute atomic E-state index is 0.855. The van der Waals surface area contributed by atoms with Gasteiger partial charge in [0.25, 0.3) is 0 Å². The molecule has 0 aliphatic carbocycles. The molecule has 0 unspecified atom stereocenters. The lowest BCUT2D eigenvalue weighted by Gasteiger charge is -2.30. The zero-order chi connectivity index (χ0) is 11.5. The zero-order valence-electron chi connectivity index (χ0n) is 10.3. The highest BCUT2D eigenvalue weighted by atomic mass is 16.5. The van der Waals surface area contributed by atoms with Gasteiger partial charge in [0.1, 0.15) is 0 Å². The molecule has 3 heteroatoms. The van der Waals surface area contributed by atoms with Crippen LogP contribution in [0.2, 0.25) is 0 Å². The summed E-state index contributed by atoms with van der Waals surface area (Å²) < 4.78 is 5.40. The maximum atomic E-state index is 5.40. The van der Waals surface area contributed by atoms with Crippen molar-refractivity contribution in [2.75, 3.05) is 49.2 Å². The summed E-state index contributed by atoms with van der Waals surface area (Å²) in [6.45, 7) is 6.17. The van der Waals surface area contributed by atoms with Crippen LogP contribution in [0.15, 0.2) is 24.3 Å². The fourth-order valence-electron chi connectivity index (χ4n) is 2.68. The molecule has 17 heavy (non-hydrogen) atoms. The predicted octanol–water partition coefficient (Wildman–Crippen LogP) is 2.12. The third kappa shape index (κ3) is 2.39. The van der Waals surface area contributed by atoms with Crippen LogP contribution in [0.25, 0.3) is 0 Å². The standard InChI is InChI=1S/C14H20N2O/c1-2-7-15(6-1)13-4-3-5-14(12-13)16-8-10-17-11-9-16/h3-5,12H,1-2,6-11H2. The molecule has 1 aromatic rings. The number of anilines is 2. The lowest BCUT2D eigenvalue weighted by Crippen LogP contribution is -2.36. The fraction of sp³-hybridized carbons (Fsp3) is 0.571. The van der Waals surface area contributed by atoms with Gasteiger partial charge >= 0.3 is 0 Å². The fourth-order valence-corrected chi connectivity index (χ4v) is 2.68. The summed E-state index contributed by atoms with van der Waals surface area (Å²) in [6.07, 6.45) is 2.67. The van der Waals surface area contributed by atoms with E-state index < -0.39 is 0 Å². The van der Waals surface area contributed by atoms with E-state index >= 15 is 0 Å². The molecule has 0 aromatic heterocycles. The lowest BCUT2D eigenvalue weighted by molar-refractivity contribution is 0.122. The molecule has 2 heterocycles.